The molecule has 6 nitrogen and oxygen atoms in total. The third-order valence-electron chi connectivity index (χ3n) is 3.91. The molecule has 142 valence electrons. The van der Waals surface area contributed by atoms with Crippen LogP contribution < -0.4 is 20.1 Å². The average molecular weight is 376 g/mol. The Morgan fingerprint density at radius 2 is 1.43 bits per heavy atom. The van der Waals surface area contributed by atoms with E-state index in [4.69, 9.17) is 9.47 Å². The quantitative estimate of drug-likeness (QED) is 0.654. The van der Waals surface area contributed by atoms with Crippen molar-refractivity contribution in [3.8, 4) is 11.5 Å². The van der Waals surface area contributed by atoms with Gasteiger partial charge in [-0.15, -0.1) is 0 Å². The van der Waals surface area contributed by atoms with Crippen LogP contribution in [0.4, 0.5) is 11.4 Å². The highest BCUT2D eigenvalue weighted by Gasteiger charge is 2.13. The number of methoxy groups -OCH3 is 1. The van der Waals surface area contributed by atoms with Gasteiger partial charge in [0.15, 0.2) is 6.61 Å². The number of hydrogen-bond donors (Lipinski definition) is 2. The first kappa shape index (κ1) is 19.0. The van der Waals surface area contributed by atoms with E-state index in [2.05, 4.69) is 10.6 Å². The van der Waals surface area contributed by atoms with Crippen LogP contribution in [0.5, 0.6) is 11.5 Å². The van der Waals surface area contributed by atoms with Crippen LogP contribution in [0.15, 0.2) is 78.9 Å². The summed E-state index contributed by atoms with van der Waals surface area (Å²) >= 11 is 0. The van der Waals surface area contributed by atoms with E-state index in [1.54, 1.807) is 67.8 Å². The lowest BCUT2D eigenvalue weighted by Crippen LogP contribution is -2.22. The molecule has 0 aromatic heterocycles. The summed E-state index contributed by atoms with van der Waals surface area (Å²) in [6.07, 6.45) is 0. The second-order valence-electron chi connectivity index (χ2n) is 5.88. The summed E-state index contributed by atoms with van der Waals surface area (Å²) in [5, 5.41) is 5.53. The number of carbonyl (C=O) groups is 2. The van der Waals surface area contributed by atoms with E-state index in [1.165, 1.54) is 0 Å². The van der Waals surface area contributed by atoms with Gasteiger partial charge in [-0.3, -0.25) is 9.59 Å². The van der Waals surface area contributed by atoms with Crippen molar-refractivity contribution < 1.29 is 19.1 Å². The fraction of sp³-hybridized carbons (Fsp3) is 0.0909. The zero-order valence-electron chi connectivity index (χ0n) is 15.3. The highest BCUT2D eigenvalue weighted by Crippen LogP contribution is 2.19. The van der Waals surface area contributed by atoms with Crippen molar-refractivity contribution in [2.75, 3.05) is 24.4 Å². The van der Waals surface area contributed by atoms with Crippen molar-refractivity contribution in [2.24, 2.45) is 0 Å². The van der Waals surface area contributed by atoms with Crippen molar-refractivity contribution in [2.45, 2.75) is 0 Å². The summed E-state index contributed by atoms with van der Waals surface area (Å²) in [6, 6.07) is 22.9. The number of para-hydroxylation sites is 2. The molecule has 0 aliphatic rings. The summed E-state index contributed by atoms with van der Waals surface area (Å²) in [4.78, 5) is 24.8. The number of ether oxygens (including phenoxy) is 2. The first-order valence-corrected chi connectivity index (χ1v) is 8.68. The minimum atomic E-state index is -0.365. The van der Waals surface area contributed by atoms with Crippen molar-refractivity contribution in [3.05, 3.63) is 84.4 Å². The molecule has 0 saturated heterocycles. The van der Waals surface area contributed by atoms with Crippen LogP contribution in [0.2, 0.25) is 0 Å². The second kappa shape index (κ2) is 9.23. The van der Waals surface area contributed by atoms with Crippen molar-refractivity contribution in [1.82, 2.24) is 0 Å². The molecule has 0 spiro atoms. The third kappa shape index (κ3) is 5.11. The van der Waals surface area contributed by atoms with E-state index in [0.717, 1.165) is 0 Å². The summed E-state index contributed by atoms with van der Waals surface area (Å²) in [5.41, 5.74) is 1.46. The summed E-state index contributed by atoms with van der Waals surface area (Å²) in [5.74, 6) is 0.579. The van der Waals surface area contributed by atoms with Gasteiger partial charge in [-0.2, -0.15) is 0 Å². The summed E-state index contributed by atoms with van der Waals surface area (Å²) < 4.78 is 10.5. The average Bonchev–Trinajstić information content (AvgIpc) is 2.73. The van der Waals surface area contributed by atoms with Gasteiger partial charge in [-0.05, 0) is 48.5 Å². The molecular weight excluding hydrogens is 356 g/mol. The number of nitrogens with one attached hydrogen (secondary N) is 2. The van der Waals surface area contributed by atoms with E-state index in [0.29, 0.717) is 28.4 Å². The van der Waals surface area contributed by atoms with Gasteiger partial charge < -0.3 is 20.1 Å². The lowest BCUT2D eigenvalue weighted by molar-refractivity contribution is -0.118. The van der Waals surface area contributed by atoms with Gasteiger partial charge in [0.1, 0.15) is 11.5 Å². The Morgan fingerprint density at radius 1 is 0.786 bits per heavy atom. The lowest BCUT2D eigenvalue weighted by Gasteiger charge is -2.12. The van der Waals surface area contributed by atoms with Crippen LogP contribution in [0.1, 0.15) is 10.4 Å². The molecule has 0 aliphatic carbocycles. The predicted octanol–water partition coefficient (Wildman–Crippen LogP) is 3.97. The molecular formula is C22H20N2O4. The maximum absolute atomic E-state index is 12.6. The largest absolute Gasteiger partial charge is 0.497 e. The van der Waals surface area contributed by atoms with E-state index in [1.807, 2.05) is 18.2 Å². The molecule has 3 aromatic rings. The molecule has 0 radical (unpaired) electrons. The fourth-order valence-electron chi connectivity index (χ4n) is 2.52. The van der Waals surface area contributed by atoms with Gasteiger partial charge in [0, 0.05) is 5.69 Å². The molecule has 2 N–H and O–H groups in total. The van der Waals surface area contributed by atoms with Crippen LogP contribution in [-0.2, 0) is 4.79 Å². The molecule has 0 aliphatic heterocycles. The van der Waals surface area contributed by atoms with Gasteiger partial charge >= 0.3 is 0 Å². The number of benzene rings is 3. The van der Waals surface area contributed by atoms with Gasteiger partial charge in [0.2, 0.25) is 0 Å². The van der Waals surface area contributed by atoms with Gasteiger partial charge in [0.25, 0.3) is 11.8 Å². The normalized spacial score (nSPS) is 10.0. The molecule has 0 heterocycles. The molecule has 0 atom stereocenters. The third-order valence-corrected chi connectivity index (χ3v) is 3.91. The lowest BCUT2D eigenvalue weighted by atomic mass is 10.1. The number of anilines is 2. The van der Waals surface area contributed by atoms with Crippen LogP contribution in [0.25, 0.3) is 0 Å². The Balaban J connectivity index is 1.62. The molecule has 0 saturated carbocycles. The first-order chi connectivity index (χ1) is 13.7. The highest BCUT2D eigenvalue weighted by atomic mass is 16.5. The zero-order chi connectivity index (χ0) is 19.8. The zero-order valence-corrected chi connectivity index (χ0v) is 15.3. The van der Waals surface area contributed by atoms with Gasteiger partial charge in [0.05, 0.1) is 18.4 Å². The highest BCUT2D eigenvalue weighted by molar-refractivity contribution is 6.10. The Labute approximate surface area is 163 Å². The molecule has 2 amide bonds. The summed E-state index contributed by atoms with van der Waals surface area (Å²) in [6.45, 7) is -0.180. The number of rotatable bonds is 7. The molecule has 0 unspecified atom stereocenters. The fourth-order valence-corrected chi connectivity index (χ4v) is 2.52. The van der Waals surface area contributed by atoms with Crippen molar-refractivity contribution in [1.29, 1.82) is 0 Å². The SMILES string of the molecule is COc1ccc(OCC(=O)Nc2ccccc2C(=O)Nc2ccccc2)cc1. The number of carbonyl (C=O) groups excluding carboxylic acids is 2. The van der Waals surface area contributed by atoms with E-state index >= 15 is 0 Å². The second-order valence-corrected chi connectivity index (χ2v) is 5.88. The molecule has 3 rings (SSSR count). The Kier molecular flexibility index (Phi) is 6.25. The molecule has 3 aromatic carbocycles. The van der Waals surface area contributed by atoms with E-state index in [-0.39, 0.29) is 18.4 Å². The molecule has 6 heteroatoms. The van der Waals surface area contributed by atoms with Crippen molar-refractivity contribution >= 4 is 23.2 Å². The monoisotopic (exact) mass is 376 g/mol. The molecule has 28 heavy (non-hydrogen) atoms. The van der Waals surface area contributed by atoms with Crippen LogP contribution in [0, 0.1) is 0 Å². The predicted molar refractivity (Wildman–Crippen MR) is 108 cm³/mol. The van der Waals surface area contributed by atoms with Crippen LogP contribution in [-0.4, -0.2) is 25.5 Å². The minimum Gasteiger partial charge on any atom is -0.497 e. The number of hydrogen-bond acceptors (Lipinski definition) is 4. The van der Waals surface area contributed by atoms with Crippen LogP contribution >= 0.6 is 0 Å². The minimum absolute atomic E-state index is 0.180. The first-order valence-electron chi connectivity index (χ1n) is 8.68. The topological polar surface area (TPSA) is 76.7 Å². The summed E-state index contributed by atoms with van der Waals surface area (Å²) in [7, 11) is 1.58. The maximum Gasteiger partial charge on any atom is 0.262 e. The Bertz CT molecular complexity index is 940. The van der Waals surface area contributed by atoms with Gasteiger partial charge in [-0.25, -0.2) is 0 Å². The molecule has 0 bridgehead atoms. The Morgan fingerprint density at radius 3 is 2.14 bits per heavy atom. The van der Waals surface area contributed by atoms with Crippen molar-refractivity contribution in [3.63, 3.8) is 0 Å². The number of amides is 2. The van der Waals surface area contributed by atoms with E-state index < -0.39 is 0 Å². The standard InChI is InChI=1S/C22H20N2O4/c1-27-17-11-13-18(14-12-17)28-15-21(25)24-20-10-6-5-9-19(20)22(26)23-16-7-3-2-4-8-16/h2-14H,15H2,1H3,(H,23,26)(H,24,25). The van der Waals surface area contributed by atoms with Crippen LogP contribution in [0.3, 0.4) is 0 Å². The maximum atomic E-state index is 12.6. The van der Waals surface area contributed by atoms with Gasteiger partial charge in [-0.1, -0.05) is 30.3 Å². The Hall–Kier alpha value is -3.80. The molecule has 0 fully saturated rings. The van der Waals surface area contributed by atoms with E-state index in [9.17, 15) is 9.59 Å². The smallest absolute Gasteiger partial charge is 0.262 e.